The molecule has 0 aromatic heterocycles. The zero-order valence-electron chi connectivity index (χ0n) is 8.36. The Kier molecular flexibility index (Phi) is 7.01. The van der Waals surface area contributed by atoms with Gasteiger partial charge in [0.1, 0.15) is 0 Å². The summed E-state index contributed by atoms with van der Waals surface area (Å²) in [6.45, 7) is 4.93. The Balaban J connectivity index is 2.33. The molecule has 0 aliphatic rings. The average molecular weight is 379 g/mol. The van der Waals surface area contributed by atoms with Crippen molar-refractivity contribution in [3.05, 3.63) is 51.5 Å². The maximum absolute atomic E-state index is 5.35. The van der Waals surface area contributed by atoms with Gasteiger partial charge in [0.15, 0.2) is 0 Å². The van der Waals surface area contributed by atoms with Gasteiger partial charge in [-0.1, -0.05) is 0 Å². The second kappa shape index (κ2) is 8.11. The molecule has 0 heterocycles. The quantitative estimate of drug-likeness (QED) is 0.320. The zero-order chi connectivity index (χ0) is 10.9. The van der Waals surface area contributed by atoms with E-state index in [4.69, 9.17) is 4.74 Å². The predicted octanol–water partition coefficient (Wildman–Crippen LogP) is 2.50. The number of hydrogen-bond donors (Lipinski definition) is 0. The number of hydrogen-bond acceptors (Lipinski definition) is 1. The molecule has 0 fully saturated rings. The van der Waals surface area contributed by atoms with Crippen LogP contribution in [0, 0.1) is 0 Å². The van der Waals surface area contributed by atoms with Crippen LogP contribution in [0.3, 0.4) is 0 Å². The van der Waals surface area contributed by atoms with Crippen molar-refractivity contribution in [2.24, 2.45) is 0 Å². The zero-order valence-corrected chi connectivity index (χ0v) is 12.2. The van der Waals surface area contributed by atoms with E-state index in [9.17, 15) is 0 Å². The molecule has 3 heteroatoms. The summed E-state index contributed by atoms with van der Waals surface area (Å²) in [6.07, 6.45) is 1.77. The van der Waals surface area contributed by atoms with E-state index >= 15 is 0 Å². The molecule has 1 aromatic carbocycles. The molecular weight excluding hydrogens is 366 g/mol. The number of rotatable bonds is 6. The monoisotopic (exact) mass is 380 g/mol. The molecule has 0 aliphatic heterocycles. The van der Waals surface area contributed by atoms with Crippen molar-refractivity contribution in [2.75, 3.05) is 13.2 Å². The van der Waals surface area contributed by atoms with Gasteiger partial charge in [-0.3, -0.25) is 0 Å². The normalized spacial score (nSPS) is 11.4. The second-order valence-electron chi connectivity index (χ2n) is 2.80. The number of ether oxygens (including phenoxy) is 1. The first-order chi connectivity index (χ1) is 7.33. The van der Waals surface area contributed by atoms with Gasteiger partial charge < -0.3 is 0 Å². The van der Waals surface area contributed by atoms with Gasteiger partial charge in [-0.05, 0) is 0 Å². The molecule has 0 N–H and O–H groups in total. The maximum atomic E-state index is 5.35. The van der Waals surface area contributed by atoms with Gasteiger partial charge >= 0.3 is 112 Å². The Morgan fingerprint density at radius 3 is 2.80 bits per heavy atom. The molecule has 1 rings (SSSR count). The van der Waals surface area contributed by atoms with Crippen LogP contribution >= 0.6 is 22.6 Å². The van der Waals surface area contributed by atoms with Gasteiger partial charge in [-0.2, -0.15) is 0 Å². The first kappa shape index (κ1) is 13.0. The SMILES string of the molecule is C=CCOC/C(I)=C/[Se]c1ccccc1. The summed E-state index contributed by atoms with van der Waals surface area (Å²) in [5, 5.41) is 0. The van der Waals surface area contributed by atoms with Crippen LogP contribution in [-0.4, -0.2) is 28.2 Å². The van der Waals surface area contributed by atoms with E-state index in [0.29, 0.717) is 28.2 Å². The average Bonchev–Trinajstić information content (AvgIpc) is 2.28. The van der Waals surface area contributed by atoms with Crippen LogP contribution in [0.5, 0.6) is 0 Å². The van der Waals surface area contributed by atoms with E-state index in [2.05, 4.69) is 58.4 Å². The van der Waals surface area contributed by atoms with Crippen molar-refractivity contribution in [3.63, 3.8) is 0 Å². The van der Waals surface area contributed by atoms with Gasteiger partial charge in [0, 0.05) is 0 Å². The van der Waals surface area contributed by atoms with E-state index in [1.165, 1.54) is 8.04 Å². The van der Waals surface area contributed by atoms with Crippen LogP contribution in [0.2, 0.25) is 0 Å². The molecule has 0 unspecified atom stereocenters. The van der Waals surface area contributed by atoms with Crippen LogP contribution in [0.25, 0.3) is 0 Å². The molecule has 0 saturated carbocycles. The van der Waals surface area contributed by atoms with Crippen molar-refractivity contribution < 1.29 is 4.74 Å². The van der Waals surface area contributed by atoms with Crippen LogP contribution in [0.1, 0.15) is 0 Å². The van der Waals surface area contributed by atoms with E-state index in [-0.39, 0.29) is 0 Å². The van der Waals surface area contributed by atoms with E-state index in [1.807, 2.05) is 6.07 Å². The van der Waals surface area contributed by atoms with E-state index in [0.717, 1.165) is 0 Å². The van der Waals surface area contributed by atoms with Crippen molar-refractivity contribution in [1.29, 1.82) is 0 Å². The molecule has 15 heavy (non-hydrogen) atoms. The molecule has 1 aromatic rings. The Labute approximate surface area is 111 Å². The fourth-order valence-corrected chi connectivity index (χ4v) is 3.14. The Morgan fingerprint density at radius 1 is 1.40 bits per heavy atom. The minimum atomic E-state index is 0.412. The molecule has 0 spiro atoms. The van der Waals surface area contributed by atoms with Gasteiger partial charge in [0.2, 0.25) is 0 Å². The fourth-order valence-electron chi connectivity index (χ4n) is 0.905. The fraction of sp³-hybridized carbons (Fsp3) is 0.167. The molecule has 0 radical (unpaired) electrons. The van der Waals surface area contributed by atoms with Gasteiger partial charge in [-0.15, -0.1) is 0 Å². The van der Waals surface area contributed by atoms with Crippen LogP contribution in [0.4, 0.5) is 0 Å². The first-order valence-electron chi connectivity index (χ1n) is 4.58. The molecule has 0 bridgehead atoms. The topological polar surface area (TPSA) is 9.23 Å². The van der Waals surface area contributed by atoms with Crippen molar-refractivity contribution in [1.82, 2.24) is 0 Å². The third kappa shape index (κ3) is 6.15. The van der Waals surface area contributed by atoms with Crippen molar-refractivity contribution in [3.8, 4) is 0 Å². The molecule has 80 valence electrons. The van der Waals surface area contributed by atoms with Crippen LogP contribution in [-0.2, 0) is 4.74 Å². The summed E-state index contributed by atoms with van der Waals surface area (Å²) >= 11 is 2.74. The summed E-state index contributed by atoms with van der Waals surface area (Å²) in [4.78, 5) is 2.26. The van der Waals surface area contributed by atoms with E-state index in [1.54, 1.807) is 6.08 Å². The van der Waals surface area contributed by atoms with Gasteiger partial charge in [0.25, 0.3) is 0 Å². The molecule has 1 nitrogen and oxygen atoms in total. The Bertz CT molecular complexity index is 322. The summed E-state index contributed by atoms with van der Waals surface area (Å²) in [5.41, 5.74) is 0. The third-order valence-electron chi connectivity index (χ3n) is 1.54. The second-order valence-corrected chi connectivity index (χ2v) is 6.16. The molecule has 0 atom stereocenters. The van der Waals surface area contributed by atoms with Crippen LogP contribution in [0.15, 0.2) is 51.5 Å². The van der Waals surface area contributed by atoms with Crippen molar-refractivity contribution in [2.45, 2.75) is 0 Å². The number of halogens is 1. The molecule has 0 amide bonds. The Morgan fingerprint density at radius 2 is 2.13 bits per heavy atom. The van der Waals surface area contributed by atoms with E-state index < -0.39 is 0 Å². The Hall–Kier alpha value is -0.0905. The standard InChI is InChI=1S/C12H13IOSe/c1-2-8-14-9-11(13)10-15-12-6-4-3-5-7-12/h2-7,10H,1,8-9H2/b11-10-. The van der Waals surface area contributed by atoms with Crippen LogP contribution < -0.4 is 4.46 Å². The number of benzene rings is 1. The predicted molar refractivity (Wildman–Crippen MR) is 74.9 cm³/mol. The molecular formula is C12H13IOSe. The molecule has 0 aliphatic carbocycles. The summed E-state index contributed by atoms with van der Waals surface area (Å²) in [7, 11) is 0. The summed E-state index contributed by atoms with van der Waals surface area (Å²) in [5.74, 6) is 0. The van der Waals surface area contributed by atoms with Crippen molar-refractivity contribution >= 4 is 42.0 Å². The third-order valence-corrected chi connectivity index (χ3v) is 5.10. The van der Waals surface area contributed by atoms with Gasteiger partial charge in [-0.25, -0.2) is 0 Å². The summed E-state index contributed by atoms with van der Waals surface area (Å²) < 4.78 is 8.00. The molecule has 0 saturated heterocycles. The van der Waals surface area contributed by atoms with Gasteiger partial charge in [0.05, 0.1) is 0 Å². The minimum absolute atomic E-state index is 0.412. The summed E-state index contributed by atoms with van der Waals surface area (Å²) in [6, 6.07) is 10.5. The first-order valence-corrected chi connectivity index (χ1v) is 7.50.